The number of nitrogens with zero attached hydrogens (tertiary/aromatic N) is 1. The summed E-state index contributed by atoms with van der Waals surface area (Å²) in [6.45, 7) is 9.61. The Labute approximate surface area is 112 Å². The van der Waals surface area contributed by atoms with E-state index in [4.69, 9.17) is 0 Å². The van der Waals surface area contributed by atoms with Gasteiger partial charge in [0.05, 0.1) is 0 Å². The average Bonchev–Trinajstić information content (AvgIpc) is 2.56. The molecule has 0 aliphatic carbocycles. The van der Waals surface area contributed by atoms with Crippen molar-refractivity contribution in [2.75, 3.05) is 19.6 Å². The highest BCUT2D eigenvalue weighted by Crippen LogP contribution is 2.21. The molecule has 2 unspecified atom stereocenters. The fourth-order valence-corrected chi connectivity index (χ4v) is 2.58. The molecule has 0 spiro atoms. The number of amides is 1. The van der Waals surface area contributed by atoms with E-state index in [1.165, 1.54) is 19.3 Å². The summed E-state index contributed by atoms with van der Waals surface area (Å²) >= 11 is 0. The van der Waals surface area contributed by atoms with Gasteiger partial charge in [0.25, 0.3) is 0 Å². The van der Waals surface area contributed by atoms with Crippen LogP contribution in [-0.2, 0) is 4.79 Å². The fraction of sp³-hybridized carbons (Fsp3) is 0.933. The lowest BCUT2D eigenvalue weighted by molar-refractivity contribution is -0.130. The maximum atomic E-state index is 12.0. The standard InChI is InChI=1S/C15H30N2O/c1-4-10-16-13(3)8-11-17-12-9-14(5-2)6-7-15(17)18/h13-14,16H,4-12H2,1-3H3. The summed E-state index contributed by atoms with van der Waals surface area (Å²) in [7, 11) is 0. The van der Waals surface area contributed by atoms with Crippen LogP contribution < -0.4 is 5.32 Å². The van der Waals surface area contributed by atoms with Crippen LogP contribution in [0.4, 0.5) is 0 Å². The minimum Gasteiger partial charge on any atom is -0.343 e. The highest BCUT2D eigenvalue weighted by Gasteiger charge is 2.21. The molecule has 1 heterocycles. The molecule has 0 bridgehead atoms. The molecule has 1 N–H and O–H groups in total. The summed E-state index contributed by atoms with van der Waals surface area (Å²) in [6, 6.07) is 0.517. The zero-order valence-electron chi connectivity index (χ0n) is 12.4. The molecule has 106 valence electrons. The van der Waals surface area contributed by atoms with E-state index < -0.39 is 0 Å². The topological polar surface area (TPSA) is 32.3 Å². The second-order valence-corrected chi connectivity index (χ2v) is 5.63. The zero-order chi connectivity index (χ0) is 13.4. The lowest BCUT2D eigenvalue weighted by atomic mass is 9.98. The van der Waals surface area contributed by atoms with Crippen molar-refractivity contribution in [3.8, 4) is 0 Å². The molecular weight excluding hydrogens is 224 g/mol. The van der Waals surface area contributed by atoms with Crippen LogP contribution in [0.1, 0.15) is 59.3 Å². The van der Waals surface area contributed by atoms with Gasteiger partial charge in [-0.1, -0.05) is 20.3 Å². The summed E-state index contributed by atoms with van der Waals surface area (Å²) in [5, 5.41) is 3.48. The molecule has 18 heavy (non-hydrogen) atoms. The van der Waals surface area contributed by atoms with Crippen LogP contribution >= 0.6 is 0 Å². The van der Waals surface area contributed by atoms with Gasteiger partial charge in [-0.05, 0) is 45.1 Å². The lowest BCUT2D eigenvalue weighted by Crippen LogP contribution is -2.36. The van der Waals surface area contributed by atoms with E-state index >= 15 is 0 Å². The van der Waals surface area contributed by atoms with Crippen molar-refractivity contribution >= 4 is 5.91 Å². The largest absolute Gasteiger partial charge is 0.343 e. The molecule has 0 aromatic rings. The third-order valence-electron chi connectivity index (χ3n) is 4.08. The average molecular weight is 254 g/mol. The molecule has 1 aliphatic rings. The molecule has 1 amide bonds. The molecule has 1 aliphatic heterocycles. The summed E-state index contributed by atoms with van der Waals surface area (Å²) in [5.74, 6) is 1.13. The van der Waals surface area contributed by atoms with Gasteiger partial charge < -0.3 is 10.2 Å². The third kappa shape index (κ3) is 5.38. The number of carbonyl (C=O) groups excluding carboxylic acids is 1. The van der Waals surface area contributed by atoms with Gasteiger partial charge >= 0.3 is 0 Å². The van der Waals surface area contributed by atoms with E-state index in [0.29, 0.717) is 11.9 Å². The first kappa shape index (κ1) is 15.5. The van der Waals surface area contributed by atoms with Gasteiger partial charge in [0.15, 0.2) is 0 Å². The molecule has 3 heteroatoms. The number of rotatable bonds is 7. The molecule has 2 atom stereocenters. The molecule has 0 aromatic carbocycles. The van der Waals surface area contributed by atoms with Crippen molar-refractivity contribution < 1.29 is 4.79 Å². The van der Waals surface area contributed by atoms with E-state index in [1.54, 1.807) is 0 Å². The van der Waals surface area contributed by atoms with Crippen molar-refractivity contribution in [2.24, 2.45) is 5.92 Å². The molecule has 0 radical (unpaired) electrons. The Morgan fingerprint density at radius 1 is 1.39 bits per heavy atom. The summed E-state index contributed by atoms with van der Waals surface area (Å²) < 4.78 is 0. The summed E-state index contributed by atoms with van der Waals surface area (Å²) in [6.07, 6.45) is 6.51. The van der Waals surface area contributed by atoms with Crippen molar-refractivity contribution in [1.29, 1.82) is 0 Å². The van der Waals surface area contributed by atoms with Gasteiger partial charge in [0, 0.05) is 25.6 Å². The van der Waals surface area contributed by atoms with E-state index in [-0.39, 0.29) is 0 Å². The smallest absolute Gasteiger partial charge is 0.222 e. The zero-order valence-corrected chi connectivity index (χ0v) is 12.4. The molecule has 0 aromatic heterocycles. The molecule has 3 nitrogen and oxygen atoms in total. The molecular formula is C15H30N2O. The van der Waals surface area contributed by atoms with Crippen molar-refractivity contribution in [1.82, 2.24) is 10.2 Å². The number of carbonyl (C=O) groups is 1. The van der Waals surface area contributed by atoms with Gasteiger partial charge in [0.1, 0.15) is 0 Å². The minimum absolute atomic E-state index is 0.369. The first-order valence-electron chi connectivity index (χ1n) is 7.68. The van der Waals surface area contributed by atoms with Gasteiger partial charge in [-0.25, -0.2) is 0 Å². The van der Waals surface area contributed by atoms with E-state index in [2.05, 4.69) is 31.0 Å². The number of hydrogen-bond acceptors (Lipinski definition) is 2. The lowest BCUT2D eigenvalue weighted by Gasteiger charge is -2.23. The van der Waals surface area contributed by atoms with Crippen LogP contribution in [-0.4, -0.2) is 36.5 Å². The van der Waals surface area contributed by atoms with Crippen molar-refractivity contribution in [2.45, 2.75) is 65.3 Å². The van der Waals surface area contributed by atoms with Gasteiger partial charge in [0.2, 0.25) is 5.91 Å². The van der Waals surface area contributed by atoms with Gasteiger partial charge in [-0.15, -0.1) is 0 Å². The van der Waals surface area contributed by atoms with E-state index in [9.17, 15) is 4.79 Å². The summed E-state index contributed by atoms with van der Waals surface area (Å²) in [5.41, 5.74) is 0. The Morgan fingerprint density at radius 3 is 2.83 bits per heavy atom. The summed E-state index contributed by atoms with van der Waals surface area (Å²) in [4.78, 5) is 14.1. The highest BCUT2D eigenvalue weighted by molar-refractivity contribution is 5.76. The maximum Gasteiger partial charge on any atom is 0.222 e. The Hall–Kier alpha value is -0.570. The van der Waals surface area contributed by atoms with Crippen molar-refractivity contribution in [3.05, 3.63) is 0 Å². The van der Waals surface area contributed by atoms with E-state index in [0.717, 1.165) is 44.8 Å². The Kier molecular flexibility index (Phi) is 7.33. The normalized spacial score (nSPS) is 22.9. The maximum absolute atomic E-state index is 12.0. The van der Waals surface area contributed by atoms with Gasteiger partial charge in [-0.3, -0.25) is 4.79 Å². The number of nitrogens with one attached hydrogen (secondary N) is 1. The predicted octanol–water partition coefficient (Wildman–Crippen LogP) is 2.80. The van der Waals surface area contributed by atoms with Crippen LogP contribution in [0.5, 0.6) is 0 Å². The van der Waals surface area contributed by atoms with Crippen molar-refractivity contribution in [3.63, 3.8) is 0 Å². The van der Waals surface area contributed by atoms with Crippen LogP contribution in [0.15, 0.2) is 0 Å². The SMILES string of the molecule is CCCNC(C)CCN1CCC(CC)CCC1=O. The van der Waals surface area contributed by atoms with Crippen LogP contribution in [0, 0.1) is 5.92 Å². The van der Waals surface area contributed by atoms with E-state index in [1.807, 2.05) is 0 Å². The van der Waals surface area contributed by atoms with Crippen LogP contribution in [0.2, 0.25) is 0 Å². The molecule has 0 saturated carbocycles. The monoisotopic (exact) mass is 254 g/mol. The number of hydrogen-bond donors (Lipinski definition) is 1. The molecule has 1 fully saturated rings. The Balaban J connectivity index is 2.29. The third-order valence-corrected chi connectivity index (χ3v) is 4.08. The predicted molar refractivity (Wildman–Crippen MR) is 76.6 cm³/mol. The number of likely N-dealkylation sites (tertiary alicyclic amines) is 1. The second kappa shape index (κ2) is 8.52. The highest BCUT2D eigenvalue weighted by atomic mass is 16.2. The molecule has 1 rings (SSSR count). The van der Waals surface area contributed by atoms with Crippen LogP contribution in [0.3, 0.4) is 0 Å². The quantitative estimate of drug-likeness (QED) is 0.757. The Bertz CT molecular complexity index is 243. The minimum atomic E-state index is 0.369. The van der Waals surface area contributed by atoms with Crippen LogP contribution in [0.25, 0.3) is 0 Å². The first-order valence-corrected chi connectivity index (χ1v) is 7.68. The first-order chi connectivity index (χ1) is 8.67. The Morgan fingerprint density at radius 2 is 2.17 bits per heavy atom. The molecule has 1 saturated heterocycles. The second-order valence-electron chi connectivity index (χ2n) is 5.63. The van der Waals surface area contributed by atoms with Gasteiger partial charge in [-0.2, -0.15) is 0 Å². The fourth-order valence-electron chi connectivity index (χ4n) is 2.58.